The van der Waals surface area contributed by atoms with E-state index in [0.29, 0.717) is 5.92 Å². The van der Waals surface area contributed by atoms with E-state index in [1.165, 1.54) is 0 Å². The van der Waals surface area contributed by atoms with Gasteiger partial charge in [-0.3, -0.25) is 0 Å². The van der Waals surface area contributed by atoms with Crippen molar-refractivity contribution in [3.05, 3.63) is 18.7 Å². The Morgan fingerprint density at radius 3 is 2.82 bits per heavy atom. The van der Waals surface area contributed by atoms with Crippen LogP contribution in [0.3, 0.4) is 0 Å². The van der Waals surface area contributed by atoms with E-state index in [1.807, 2.05) is 10.8 Å². The molecule has 0 N–H and O–H groups in total. The van der Waals surface area contributed by atoms with Gasteiger partial charge in [0.2, 0.25) is 0 Å². The molecule has 1 aromatic rings. The predicted molar refractivity (Wildman–Crippen MR) is 44.8 cm³/mol. The zero-order valence-electron chi connectivity index (χ0n) is 5.87. The summed E-state index contributed by atoms with van der Waals surface area (Å²) in [6.45, 7) is 0.882. The fourth-order valence-electron chi connectivity index (χ4n) is 1.12. The molecule has 60 valence electrons. The largest absolute Gasteiger partial charge is 0.337 e. The van der Waals surface area contributed by atoms with Gasteiger partial charge >= 0.3 is 0 Å². The molecular weight excluding hydrogens is 183 g/mol. The highest BCUT2D eigenvalue weighted by atomic mass is 35.5. The fourth-order valence-corrected chi connectivity index (χ4v) is 1.63. The number of hydrogen-bond donors (Lipinski definition) is 0. The Kier molecular flexibility index (Phi) is 1.62. The maximum atomic E-state index is 5.86. The first-order valence-corrected chi connectivity index (χ1v) is 4.27. The zero-order valence-corrected chi connectivity index (χ0v) is 7.39. The molecule has 4 heteroatoms. The molecule has 0 saturated heterocycles. The third kappa shape index (κ3) is 1.52. The molecule has 1 fully saturated rings. The highest BCUT2D eigenvalue weighted by molar-refractivity contribution is 6.50. The van der Waals surface area contributed by atoms with E-state index >= 15 is 0 Å². The maximum Gasteiger partial charge on any atom is 0.123 e. The standard InChI is InChI=1S/C7H8Cl2N2/c8-7(9)3-6(7)4-11-2-1-10-5-11/h1-2,5-6H,3-4H2/t6-/m1/s1. The van der Waals surface area contributed by atoms with Crippen molar-refractivity contribution < 1.29 is 0 Å². The van der Waals surface area contributed by atoms with Crippen molar-refractivity contribution in [2.75, 3.05) is 0 Å². The maximum absolute atomic E-state index is 5.86. The Morgan fingerprint density at radius 2 is 2.36 bits per heavy atom. The highest BCUT2D eigenvalue weighted by Gasteiger charge is 2.51. The Hall–Kier alpha value is -0.210. The first kappa shape index (κ1) is 7.44. The quantitative estimate of drug-likeness (QED) is 0.654. The molecule has 1 saturated carbocycles. The van der Waals surface area contributed by atoms with Gasteiger partial charge in [0, 0.05) is 24.9 Å². The van der Waals surface area contributed by atoms with E-state index in [1.54, 1.807) is 12.5 Å². The van der Waals surface area contributed by atoms with Crippen LogP contribution in [0.1, 0.15) is 6.42 Å². The lowest BCUT2D eigenvalue weighted by Crippen LogP contribution is -2.01. The molecule has 0 bridgehead atoms. The summed E-state index contributed by atoms with van der Waals surface area (Å²) in [6, 6.07) is 0. The second-order valence-electron chi connectivity index (χ2n) is 2.92. The lowest BCUT2D eigenvalue weighted by atomic mass is 10.4. The van der Waals surface area contributed by atoms with E-state index in [4.69, 9.17) is 23.2 Å². The molecule has 0 radical (unpaired) electrons. The van der Waals surface area contributed by atoms with Gasteiger partial charge in [-0.25, -0.2) is 4.98 Å². The Balaban J connectivity index is 1.95. The topological polar surface area (TPSA) is 17.8 Å². The van der Waals surface area contributed by atoms with Crippen molar-refractivity contribution in [2.24, 2.45) is 5.92 Å². The molecule has 1 aliphatic carbocycles. The summed E-state index contributed by atoms with van der Waals surface area (Å²) in [5, 5.41) is 0. The van der Waals surface area contributed by atoms with Gasteiger partial charge < -0.3 is 4.57 Å². The predicted octanol–water partition coefficient (Wildman–Crippen LogP) is 2.08. The molecule has 11 heavy (non-hydrogen) atoms. The van der Waals surface area contributed by atoms with Gasteiger partial charge in [-0.15, -0.1) is 23.2 Å². The van der Waals surface area contributed by atoms with Crippen LogP contribution in [0.15, 0.2) is 18.7 Å². The normalized spacial score (nSPS) is 26.9. The van der Waals surface area contributed by atoms with Crippen LogP contribution in [0.2, 0.25) is 0 Å². The van der Waals surface area contributed by atoms with Crippen LogP contribution >= 0.6 is 23.2 Å². The summed E-state index contributed by atoms with van der Waals surface area (Å²) in [6.07, 6.45) is 6.35. The smallest absolute Gasteiger partial charge is 0.123 e. The average Bonchev–Trinajstić information content (AvgIpc) is 2.42. The van der Waals surface area contributed by atoms with Crippen LogP contribution in [0.25, 0.3) is 0 Å². The summed E-state index contributed by atoms with van der Waals surface area (Å²) < 4.78 is 1.53. The van der Waals surface area contributed by atoms with Gasteiger partial charge in [0.25, 0.3) is 0 Å². The third-order valence-corrected chi connectivity index (χ3v) is 2.87. The Bertz CT molecular complexity index is 243. The number of imidazole rings is 1. The lowest BCUT2D eigenvalue weighted by molar-refractivity contribution is 0.621. The molecule has 2 rings (SSSR count). The minimum absolute atomic E-state index is 0.403. The van der Waals surface area contributed by atoms with Crippen molar-refractivity contribution in [2.45, 2.75) is 17.3 Å². The van der Waals surface area contributed by atoms with E-state index in [9.17, 15) is 0 Å². The van der Waals surface area contributed by atoms with E-state index in [0.717, 1.165) is 13.0 Å². The molecule has 0 aromatic carbocycles. The zero-order chi connectivity index (χ0) is 7.90. The average molecular weight is 191 g/mol. The van der Waals surface area contributed by atoms with Crippen molar-refractivity contribution in [1.82, 2.24) is 9.55 Å². The van der Waals surface area contributed by atoms with Crippen LogP contribution < -0.4 is 0 Å². The molecule has 0 spiro atoms. The van der Waals surface area contributed by atoms with E-state index in [2.05, 4.69) is 4.98 Å². The van der Waals surface area contributed by atoms with Crippen molar-refractivity contribution >= 4 is 23.2 Å². The summed E-state index contributed by atoms with van der Waals surface area (Å²) in [4.78, 5) is 3.93. The van der Waals surface area contributed by atoms with Crippen LogP contribution in [0.4, 0.5) is 0 Å². The van der Waals surface area contributed by atoms with Gasteiger partial charge in [0.1, 0.15) is 4.33 Å². The number of nitrogens with zero attached hydrogens (tertiary/aromatic N) is 2. The summed E-state index contributed by atoms with van der Waals surface area (Å²) >= 11 is 11.7. The fraction of sp³-hybridized carbons (Fsp3) is 0.571. The lowest BCUT2D eigenvalue weighted by Gasteiger charge is -1.99. The second kappa shape index (κ2) is 2.39. The highest BCUT2D eigenvalue weighted by Crippen LogP contribution is 2.53. The molecule has 1 aromatic heterocycles. The van der Waals surface area contributed by atoms with Gasteiger partial charge in [-0.2, -0.15) is 0 Å². The SMILES string of the molecule is ClC1(Cl)C[C@@H]1Cn1ccnc1. The van der Waals surface area contributed by atoms with Crippen molar-refractivity contribution in [3.8, 4) is 0 Å². The van der Waals surface area contributed by atoms with Crippen LogP contribution in [0.5, 0.6) is 0 Å². The monoisotopic (exact) mass is 190 g/mol. The number of halogens is 2. The van der Waals surface area contributed by atoms with Crippen LogP contribution in [-0.2, 0) is 6.54 Å². The molecule has 0 unspecified atom stereocenters. The first-order chi connectivity index (χ1) is 5.18. The number of aromatic nitrogens is 2. The van der Waals surface area contributed by atoms with E-state index in [-0.39, 0.29) is 0 Å². The number of alkyl halides is 2. The first-order valence-electron chi connectivity index (χ1n) is 3.52. The molecule has 1 heterocycles. The van der Waals surface area contributed by atoms with Gasteiger partial charge in [-0.05, 0) is 6.42 Å². The number of hydrogen-bond acceptors (Lipinski definition) is 1. The number of rotatable bonds is 2. The minimum Gasteiger partial charge on any atom is -0.337 e. The Morgan fingerprint density at radius 1 is 1.64 bits per heavy atom. The molecule has 1 aliphatic rings. The summed E-state index contributed by atoms with van der Waals surface area (Å²) in [5.74, 6) is 0.403. The van der Waals surface area contributed by atoms with Gasteiger partial charge in [-0.1, -0.05) is 0 Å². The Labute approximate surface area is 75.1 Å². The molecule has 0 aliphatic heterocycles. The van der Waals surface area contributed by atoms with Gasteiger partial charge in [0.05, 0.1) is 6.33 Å². The van der Waals surface area contributed by atoms with Crippen molar-refractivity contribution in [1.29, 1.82) is 0 Å². The summed E-state index contributed by atoms with van der Waals surface area (Å²) in [7, 11) is 0. The van der Waals surface area contributed by atoms with Gasteiger partial charge in [0.15, 0.2) is 0 Å². The van der Waals surface area contributed by atoms with Crippen LogP contribution in [0, 0.1) is 5.92 Å². The van der Waals surface area contributed by atoms with E-state index < -0.39 is 4.33 Å². The minimum atomic E-state index is -0.468. The second-order valence-corrected chi connectivity index (χ2v) is 4.46. The van der Waals surface area contributed by atoms with Crippen molar-refractivity contribution in [3.63, 3.8) is 0 Å². The third-order valence-electron chi connectivity index (χ3n) is 1.95. The molecular formula is C7H8Cl2N2. The summed E-state index contributed by atoms with van der Waals surface area (Å²) in [5.41, 5.74) is 0. The van der Waals surface area contributed by atoms with Crippen LogP contribution in [-0.4, -0.2) is 13.9 Å². The molecule has 0 amide bonds. The molecule has 2 nitrogen and oxygen atoms in total. The molecule has 1 atom stereocenters.